The maximum Gasteiger partial charge on any atom is 0.344 e. The highest BCUT2D eigenvalue weighted by Gasteiger charge is 2.11. The molecule has 0 heterocycles. The van der Waals surface area contributed by atoms with Crippen molar-refractivity contribution in [3.8, 4) is 11.8 Å². The van der Waals surface area contributed by atoms with Gasteiger partial charge < -0.3 is 14.8 Å². The molecule has 2 rings (SSSR count). The van der Waals surface area contributed by atoms with Gasteiger partial charge in [0.1, 0.15) is 11.8 Å². The molecule has 0 spiro atoms. The highest BCUT2D eigenvalue weighted by atomic mass is 35.5. The molecule has 0 saturated carbocycles. The minimum absolute atomic E-state index is 0.257. The van der Waals surface area contributed by atoms with Gasteiger partial charge in [-0.25, -0.2) is 4.79 Å². The number of nitrogens with one attached hydrogen (secondary N) is 1. The Morgan fingerprint density at radius 2 is 1.88 bits per heavy atom. The molecule has 0 unspecified atom stereocenters. The van der Waals surface area contributed by atoms with Crippen LogP contribution < -0.4 is 10.1 Å². The SMILES string of the molecule is CCc1ccc(OCC(=O)OCC(=O)Nc2cc(Cl)ccc2C#N)cc1. The number of hydrogen-bond acceptors (Lipinski definition) is 5. The predicted octanol–water partition coefficient (Wildman–Crippen LogP) is 3.33. The fraction of sp³-hybridized carbons (Fsp3) is 0.211. The Hall–Kier alpha value is -3.04. The molecular weight excluding hydrogens is 356 g/mol. The van der Waals surface area contributed by atoms with E-state index in [1.54, 1.807) is 18.2 Å². The van der Waals surface area contributed by atoms with Crippen molar-refractivity contribution < 1.29 is 19.1 Å². The summed E-state index contributed by atoms with van der Waals surface area (Å²) in [6.07, 6.45) is 0.914. The van der Waals surface area contributed by atoms with E-state index in [0.29, 0.717) is 10.8 Å². The maximum absolute atomic E-state index is 11.9. The second kappa shape index (κ2) is 9.44. The number of nitriles is 1. The van der Waals surface area contributed by atoms with E-state index in [-0.39, 0.29) is 17.9 Å². The molecule has 0 bridgehead atoms. The molecular formula is C19H17ClN2O4. The normalized spacial score (nSPS) is 9.88. The molecule has 26 heavy (non-hydrogen) atoms. The zero-order valence-corrected chi connectivity index (χ0v) is 14.9. The van der Waals surface area contributed by atoms with Gasteiger partial charge in [-0.2, -0.15) is 5.26 Å². The summed E-state index contributed by atoms with van der Waals surface area (Å²) >= 11 is 5.84. The molecule has 0 atom stereocenters. The lowest BCUT2D eigenvalue weighted by atomic mass is 10.2. The van der Waals surface area contributed by atoms with Crippen molar-refractivity contribution in [3.05, 3.63) is 58.6 Å². The van der Waals surface area contributed by atoms with Crippen LogP contribution in [0.3, 0.4) is 0 Å². The standard InChI is InChI=1S/C19H17ClN2O4/c1-2-13-3-7-16(8-4-13)25-12-19(24)26-11-18(23)22-17-9-15(20)6-5-14(17)10-21/h3-9H,2,11-12H2,1H3,(H,22,23). The fourth-order valence-electron chi connectivity index (χ4n) is 2.06. The molecule has 1 N–H and O–H groups in total. The number of ether oxygens (including phenoxy) is 2. The Kier molecular flexibility index (Phi) is 7.01. The van der Waals surface area contributed by atoms with Crippen molar-refractivity contribution in [2.24, 2.45) is 0 Å². The molecule has 1 amide bonds. The molecule has 0 saturated heterocycles. The number of amides is 1. The van der Waals surface area contributed by atoms with Crippen LogP contribution in [0.25, 0.3) is 0 Å². The van der Waals surface area contributed by atoms with Crippen LogP contribution >= 0.6 is 11.6 Å². The molecule has 6 nitrogen and oxygen atoms in total. The molecule has 2 aromatic carbocycles. The first-order valence-electron chi connectivity index (χ1n) is 7.88. The minimum atomic E-state index is -0.675. The molecule has 134 valence electrons. The van der Waals surface area contributed by atoms with Crippen LogP contribution in [0.1, 0.15) is 18.1 Å². The first-order valence-corrected chi connectivity index (χ1v) is 8.26. The van der Waals surface area contributed by atoms with Gasteiger partial charge in [0.05, 0.1) is 11.3 Å². The van der Waals surface area contributed by atoms with Gasteiger partial charge in [-0.3, -0.25) is 4.79 Å². The van der Waals surface area contributed by atoms with Crippen molar-refractivity contribution in [2.75, 3.05) is 18.5 Å². The molecule has 2 aromatic rings. The molecule has 0 fully saturated rings. The Labute approximate surface area is 156 Å². The van der Waals surface area contributed by atoms with Gasteiger partial charge in [0.15, 0.2) is 13.2 Å². The third kappa shape index (κ3) is 5.80. The summed E-state index contributed by atoms with van der Waals surface area (Å²) in [5, 5.41) is 11.9. The molecule has 0 aliphatic rings. The molecule has 0 radical (unpaired) electrons. The quantitative estimate of drug-likeness (QED) is 0.753. The Balaban J connectivity index is 1.79. The summed E-state index contributed by atoms with van der Waals surface area (Å²) in [6, 6.07) is 13.8. The number of benzene rings is 2. The van der Waals surface area contributed by atoms with Crippen LogP contribution in [0.5, 0.6) is 5.75 Å². The zero-order valence-electron chi connectivity index (χ0n) is 14.1. The van der Waals surface area contributed by atoms with Crippen molar-refractivity contribution in [1.29, 1.82) is 5.26 Å². The van der Waals surface area contributed by atoms with Crippen LogP contribution in [0.4, 0.5) is 5.69 Å². The zero-order chi connectivity index (χ0) is 18.9. The third-order valence-electron chi connectivity index (χ3n) is 3.43. The van der Waals surface area contributed by atoms with Gasteiger partial charge in [0, 0.05) is 5.02 Å². The van der Waals surface area contributed by atoms with Crippen molar-refractivity contribution in [2.45, 2.75) is 13.3 Å². The van der Waals surface area contributed by atoms with E-state index in [9.17, 15) is 9.59 Å². The summed E-state index contributed by atoms with van der Waals surface area (Å²) < 4.78 is 10.2. The first kappa shape index (κ1) is 19.3. The Morgan fingerprint density at radius 3 is 2.54 bits per heavy atom. The van der Waals surface area contributed by atoms with E-state index in [2.05, 4.69) is 5.32 Å². The predicted molar refractivity (Wildman–Crippen MR) is 97.1 cm³/mol. The maximum atomic E-state index is 11.9. The van der Waals surface area contributed by atoms with E-state index >= 15 is 0 Å². The summed E-state index contributed by atoms with van der Waals surface area (Å²) in [5.74, 6) is -0.711. The van der Waals surface area contributed by atoms with Gasteiger partial charge in [0.2, 0.25) is 0 Å². The Bertz CT molecular complexity index is 828. The first-order chi connectivity index (χ1) is 12.5. The number of rotatable bonds is 7. The average molecular weight is 373 g/mol. The van der Waals surface area contributed by atoms with E-state index < -0.39 is 18.5 Å². The van der Waals surface area contributed by atoms with Crippen LogP contribution in [0.2, 0.25) is 5.02 Å². The molecule has 0 aliphatic heterocycles. The number of aryl methyl sites for hydroxylation is 1. The van der Waals surface area contributed by atoms with Gasteiger partial charge in [-0.1, -0.05) is 30.7 Å². The smallest absolute Gasteiger partial charge is 0.344 e. The lowest BCUT2D eigenvalue weighted by Gasteiger charge is -2.09. The Morgan fingerprint density at radius 1 is 1.15 bits per heavy atom. The number of esters is 1. The number of hydrogen-bond donors (Lipinski definition) is 1. The van der Waals surface area contributed by atoms with Gasteiger partial charge in [-0.15, -0.1) is 0 Å². The van der Waals surface area contributed by atoms with Gasteiger partial charge >= 0.3 is 5.97 Å². The van der Waals surface area contributed by atoms with E-state index in [1.807, 2.05) is 25.1 Å². The summed E-state index contributed by atoms with van der Waals surface area (Å²) in [4.78, 5) is 23.5. The van der Waals surface area contributed by atoms with Crippen molar-refractivity contribution in [1.82, 2.24) is 0 Å². The summed E-state index contributed by atoms with van der Waals surface area (Å²) in [6.45, 7) is 1.24. The third-order valence-corrected chi connectivity index (χ3v) is 3.66. The fourth-order valence-corrected chi connectivity index (χ4v) is 2.23. The highest BCUT2D eigenvalue weighted by molar-refractivity contribution is 6.31. The second-order valence-electron chi connectivity index (χ2n) is 5.30. The topological polar surface area (TPSA) is 88.4 Å². The van der Waals surface area contributed by atoms with E-state index in [0.717, 1.165) is 12.0 Å². The van der Waals surface area contributed by atoms with Crippen molar-refractivity contribution >= 4 is 29.2 Å². The van der Waals surface area contributed by atoms with Crippen LogP contribution in [-0.4, -0.2) is 25.1 Å². The summed E-state index contributed by atoms with van der Waals surface area (Å²) in [7, 11) is 0. The van der Waals surface area contributed by atoms with Gasteiger partial charge in [-0.05, 0) is 42.3 Å². The largest absolute Gasteiger partial charge is 0.482 e. The van der Waals surface area contributed by atoms with E-state index in [4.69, 9.17) is 26.3 Å². The second-order valence-corrected chi connectivity index (χ2v) is 5.73. The minimum Gasteiger partial charge on any atom is -0.482 e. The average Bonchev–Trinajstić information content (AvgIpc) is 2.65. The lowest BCUT2D eigenvalue weighted by Crippen LogP contribution is -2.24. The molecule has 7 heteroatoms. The van der Waals surface area contributed by atoms with Crippen LogP contribution in [0.15, 0.2) is 42.5 Å². The number of halogens is 1. The molecule has 0 aromatic heterocycles. The highest BCUT2D eigenvalue weighted by Crippen LogP contribution is 2.20. The van der Waals surface area contributed by atoms with Gasteiger partial charge in [0.25, 0.3) is 5.91 Å². The van der Waals surface area contributed by atoms with E-state index in [1.165, 1.54) is 12.1 Å². The lowest BCUT2D eigenvalue weighted by molar-refractivity contribution is -0.149. The van der Waals surface area contributed by atoms with Crippen molar-refractivity contribution in [3.63, 3.8) is 0 Å². The summed E-state index contributed by atoms with van der Waals surface area (Å²) in [5.41, 5.74) is 1.68. The molecule has 0 aliphatic carbocycles. The van der Waals surface area contributed by atoms with Crippen LogP contribution in [0, 0.1) is 11.3 Å². The van der Waals surface area contributed by atoms with Crippen LogP contribution in [-0.2, 0) is 20.7 Å². The number of carbonyl (C=O) groups is 2. The number of nitrogens with zero attached hydrogens (tertiary/aromatic N) is 1. The number of carbonyl (C=O) groups excluding carboxylic acids is 2. The number of anilines is 1. The monoisotopic (exact) mass is 372 g/mol.